The van der Waals surface area contributed by atoms with Crippen LogP contribution in [-0.4, -0.2) is 65.5 Å². The van der Waals surface area contributed by atoms with E-state index in [2.05, 4.69) is 29.2 Å². The van der Waals surface area contributed by atoms with Gasteiger partial charge in [0, 0.05) is 38.5 Å². The first kappa shape index (κ1) is 28.9. The molecule has 0 unspecified atom stereocenters. The average molecular weight is 585 g/mol. The summed E-state index contributed by atoms with van der Waals surface area (Å²) >= 11 is 1.60. The fourth-order valence-electron chi connectivity index (χ4n) is 5.93. The summed E-state index contributed by atoms with van der Waals surface area (Å²) in [5, 5.41) is 6.30. The first-order valence-corrected chi connectivity index (χ1v) is 16.3. The van der Waals surface area contributed by atoms with Crippen LogP contribution in [0.2, 0.25) is 0 Å². The molecule has 0 radical (unpaired) electrons. The number of anilines is 1. The molecular weight excluding hydrogens is 544 g/mol. The number of aromatic nitrogens is 3. The predicted octanol–water partition coefficient (Wildman–Crippen LogP) is 6.68. The number of ether oxygens (including phenoxy) is 2. The predicted molar refractivity (Wildman–Crippen MR) is 170 cm³/mol. The van der Waals surface area contributed by atoms with Crippen molar-refractivity contribution in [2.24, 2.45) is 5.92 Å². The van der Waals surface area contributed by atoms with E-state index in [4.69, 9.17) is 19.6 Å². The van der Waals surface area contributed by atoms with Crippen molar-refractivity contribution in [1.82, 2.24) is 14.8 Å². The highest BCUT2D eigenvalue weighted by Crippen LogP contribution is 2.43. The maximum atomic E-state index is 13.6. The number of pyridine rings is 1. The minimum atomic E-state index is 0.0477. The number of carbonyl (C=O) groups excluding carboxylic acids is 1. The number of nitrogens with zero attached hydrogens (tertiary/aromatic N) is 4. The van der Waals surface area contributed by atoms with E-state index in [0.717, 1.165) is 84.8 Å². The first-order chi connectivity index (χ1) is 20.7. The molecule has 0 N–H and O–H groups in total. The number of thioether (sulfide) groups is 1. The highest BCUT2D eigenvalue weighted by Gasteiger charge is 2.31. The zero-order chi connectivity index (χ0) is 28.7. The summed E-state index contributed by atoms with van der Waals surface area (Å²) in [6.45, 7) is 3.87. The van der Waals surface area contributed by atoms with Crippen LogP contribution in [-0.2, 0) is 16.1 Å². The summed E-state index contributed by atoms with van der Waals surface area (Å²) in [5.41, 5.74) is 5.68. The molecule has 8 heteroatoms. The molecule has 0 spiro atoms. The number of hydrogen-bond donors (Lipinski definition) is 0. The molecule has 2 aliphatic rings. The molecule has 4 aromatic rings. The zero-order valence-electron chi connectivity index (χ0n) is 24.4. The summed E-state index contributed by atoms with van der Waals surface area (Å²) in [7, 11) is 1.78. The molecule has 1 aliphatic carbocycles. The quantitative estimate of drug-likeness (QED) is 0.128. The third-order valence-corrected chi connectivity index (χ3v) is 9.42. The van der Waals surface area contributed by atoms with Crippen LogP contribution < -0.4 is 4.90 Å². The Labute approximate surface area is 252 Å². The molecule has 2 aromatic heterocycles. The lowest BCUT2D eigenvalue weighted by Crippen LogP contribution is -2.35. The van der Waals surface area contributed by atoms with Gasteiger partial charge in [-0.05, 0) is 55.4 Å². The Morgan fingerprint density at radius 2 is 1.74 bits per heavy atom. The number of carbonyl (C=O) groups is 1. The minimum absolute atomic E-state index is 0.0477. The van der Waals surface area contributed by atoms with Crippen LogP contribution in [0.5, 0.6) is 0 Å². The number of rotatable bonds is 13. The van der Waals surface area contributed by atoms with E-state index in [9.17, 15) is 4.79 Å². The van der Waals surface area contributed by atoms with Crippen molar-refractivity contribution in [3.63, 3.8) is 0 Å². The van der Waals surface area contributed by atoms with Crippen molar-refractivity contribution in [2.75, 3.05) is 49.8 Å². The number of Topliss-reactive ketones (excluding diaryl/α,β-unsaturated/α-hetero) is 1. The van der Waals surface area contributed by atoms with Crippen LogP contribution in [0.1, 0.15) is 59.8 Å². The number of hydrogen-bond acceptors (Lipinski definition) is 7. The van der Waals surface area contributed by atoms with E-state index in [1.165, 1.54) is 6.42 Å². The fourth-order valence-corrected chi connectivity index (χ4v) is 6.64. The highest BCUT2D eigenvalue weighted by molar-refractivity contribution is 8.00. The Hall–Kier alpha value is -3.20. The Morgan fingerprint density at radius 1 is 1.00 bits per heavy atom. The molecule has 220 valence electrons. The molecule has 0 bridgehead atoms. The smallest absolute Gasteiger partial charge is 0.191 e. The van der Waals surface area contributed by atoms with E-state index in [-0.39, 0.29) is 5.78 Å². The Bertz CT molecular complexity index is 1460. The van der Waals surface area contributed by atoms with Gasteiger partial charge in [0.15, 0.2) is 11.4 Å². The summed E-state index contributed by atoms with van der Waals surface area (Å²) in [5.74, 6) is 2.19. The van der Waals surface area contributed by atoms with Crippen LogP contribution in [0.3, 0.4) is 0 Å². The molecule has 1 aliphatic heterocycles. The fraction of sp³-hybridized carbons (Fsp3) is 0.441. The second-order valence-corrected chi connectivity index (χ2v) is 12.5. The van der Waals surface area contributed by atoms with E-state index in [1.54, 1.807) is 18.9 Å². The number of methoxy groups -OCH3 is 1. The van der Waals surface area contributed by atoms with Gasteiger partial charge in [-0.2, -0.15) is 16.9 Å². The largest absolute Gasteiger partial charge is 0.384 e. The number of benzene rings is 2. The molecule has 2 aromatic carbocycles. The summed E-state index contributed by atoms with van der Waals surface area (Å²) in [6, 6.07) is 22.4. The Morgan fingerprint density at radius 3 is 2.43 bits per heavy atom. The van der Waals surface area contributed by atoms with E-state index in [0.29, 0.717) is 36.5 Å². The lowest BCUT2D eigenvalue weighted by molar-refractivity contribution is 0.101. The third kappa shape index (κ3) is 6.56. The Balaban J connectivity index is 1.26. The number of ketones is 1. The molecule has 7 nitrogen and oxygen atoms in total. The van der Waals surface area contributed by atoms with Gasteiger partial charge in [-0.25, -0.2) is 9.67 Å². The lowest BCUT2D eigenvalue weighted by Gasteiger charge is -2.34. The lowest BCUT2D eigenvalue weighted by atomic mass is 9.81. The number of fused-ring (bicyclic) bond motifs is 1. The summed E-state index contributed by atoms with van der Waals surface area (Å²) in [6.07, 6.45) is 5.69. The van der Waals surface area contributed by atoms with Gasteiger partial charge in [-0.15, -0.1) is 0 Å². The van der Waals surface area contributed by atoms with Gasteiger partial charge >= 0.3 is 0 Å². The Kier molecular flexibility index (Phi) is 9.53. The molecule has 1 saturated carbocycles. The molecule has 2 fully saturated rings. The van der Waals surface area contributed by atoms with Gasteiger partial charge in [0.25, 0.3) is 0 Å². The van der Waals surface area contributed by atoms with Crippen molar-refractivity contribution in [2.45, 2.75) is 44.6 Å². The molecule has 42 heavy (non-hydrogen) atoms. The van der Waals surface area contributed by atoms with Crippen molar-refractivity contribution in [3.8, 4) is 5.69 Å². The highest BCUT2D eigenvalue weighted by atomic mass is 32.2. The summed E-state index contributed by atoms with van der Waals surface area (Å²) < 4.78 is 13.2. The second-order valence-electron chi connectivity index (χ2n) is 11.4. The van der Waals surface area contributed by atoms with E-state index < -0.39 is 0 Å². The van der Waals surface area contributed by atoms with Crippen LogP contribution in [0.15, 0.2) is 66.7 Å². The standard InChI is InChI=1S/C34H40N4O3S/c1-40-22-26-15-17-37(18-16-26)30-21-29(31(39)24-42-20-19-41-23-25-9-4-2-5-10-25)35-34-32(30)33(27-11-8-12-27)36-38(34)28-13-6-3-7-14-28/h2-7,9-10,13-14,21,26-27H,8,11-12,15-20,22-24H2,1H3. The van der Waals surface area contributed by atoms with Gasteiger partial charge in [0.1, 0.15) is 5.69 Å². The summed E-state index contributed by atoms with van der Waals surface area (Å²) in [4.78, 5) is 21.1. The topological polar surface area (TPSA) is 69.5 Å². The molecule has 0 amide bonds. The third-order valence-electron chi connectivity index (χ3n) is 8.50. The first-order valence-electron chi connectivity index (χ1n) is 15.2. The van der Waals surface area contributed by atoms with Crippen LogP contribution in [0.4, 0.5) is 5.69 Å². The van der Waals surface area contributed by atoms with Gasteiger partial charge in [0.05, 0.1) is 41.4 Å². The van der Waals surface area contributed by atoms with Crippen molar-refractivity contribution in [1.29, 1.82) is 0 Å². The normalized spacial score (nSPS) is 16.2. The van der Waals surface area contributed by atoms with Gasteiger partial charge in [-0.3, -0.25) is 4.79 Å². The second kappa shape index (κ2) is 13.8. The van der Waals surface area contributed by atoms with Gasteiger partial charge < -0.3 is 14.4 Å². The SMILES string of the molecule is COCC1CCN(c2cc(C(=O)CSCCOCc3ccccc3)nc3c2c(C2CCC2)nn3-c2ccccc2)CC1. The van der Waals surface area contributed by atoms with Crippen molar-refractivity contribution < 1.29 is 14.3 Å². The van der Waals surface area contributed by atoms with Crippen LogP contribution in [0.25, 0.3) is 16.7 Å². The minimum Gasteiger partial charge on any atom is -0.384 e. The molecule has 6 rings (SSSR count). The molecule has 1 saturated heterocycles. The van der Waals surface area contributed by atoms with Crippen molar-refractivity contribution in [3.05, 3.63) is 83.7 Å². The zero-order valence-corrected chi connectivity index (χ0v) is 25.2. The molecule has 3 heterocycles. The number of piperidine rings is 1. The monoisotopic (exact) mass is 584 g/mol. The number of para-hydroxylation sites is 1. The maximum Gasteiger partial charge on any atom is 0.191 e. The molecule has 0 atom stereocenters. The van der Waals surface area contributed by atoms with Crippen LogP contribution in [0, 0.1) is 5.92 Å². The van der Waals surface area contributed by atoms with Gasteiger partial charge in [0.2, 0.25) is 0 Å². The van der Waals surface area contributed by atoms with E-state index in [1.807, 2.05) is 47.1 Å². The van der Waals surface area contributed by atoms with E-state index >= 15 is 0 Å². The average Bonchev–Trinajstić information content (AvgIpc) is 3.38. The maximum absolute atomic E-state index is 13.6. The van der Waals surface area contributed by atoms with Gasteiger partial charge in [-0.1, -0.05) is 55.0 Å². The van der Waals surface area contributed by atoms with Crippen LogP contribution >= 0.6 is 11.8 Å². The molecular formula is C34H40N4O3S. The van der Waals surface area contributed by atoms with Crippen molar-refractivity contribution >= 4 is 34.3 Å².